The van der Waals surface area contributed by atoms with Crippen LogP contribution in [0.2, 0.25) is 0 Å². The van der Waals surface area contributed by atoms with E-state index < -0.39 is 6.17 Å². The molecule has 3 heteroatoms. The monoisotopic (exact) mass is 422 g/mol. The van der Waals surface area contributed by atoms with Crippen LogP contribution in [0.4, 0.5) is 4.39 Å². The zero-order valence-corrected chi connectivity index (χ0v) is 19.7. The van der Waals surface area contributed by atoms with Gasteiger partial charge in [0.1, 0.15) is 6.17 Å². The highest BCUT2D eigenvalue weighted by atomic mass is 19.1. The number of hydrogen-bond donors (Lipinski definition) is 0. The van der Waals surface area contributed by atoms with Crippen LogP contribution in [0.3, 0.4) is 0 Å². The normalized spacial score (nSPS) is 19.4. The summed E-state index contributed by atoms with van der Waals surface area (Å²) in [6.07, 6.45) is 5.50. The Balaban J connectivity index is 0.00000107. The molecule has 0 aliphatic heterocycles. The molecule has 0 radical (unpaired) electrons. The van der Waals surface area contributed by atoms with Crippen molar-refractivity contribution in [2.24, 2.45) is 0 Å². The van der Waals surface area contributed by atoms with E-state index in [4.69, 9.17) is 5.26 Å². The molecule has 0 bridgehead atoms. The standard InChI is InChI=1S/C26H36FN.C2H3N/c1-20(2)28(19-23-9-5-4-6-10-23)21(3)13-14-22-15-17-24(18-16-22)25-11-7-8-12-26(25)27;1-2-3/h4-6,9-10,15-18,20-21,25-26H,7-8,11-14,19H2,1-3H3;1H3. The molecule has 2 nitrogen and oxygen atoms in total. The molecule has 0 heterocycles. The first-order valence-corrected chi connectivity index (χ1v) is 11.8. The van der Waals surface area contributed by atoms with Crippen LogP contribution in [0.5, 0.6) is 0 Å². The summed E-state index contributed by atoms with van der Waals surface area (Å²) in [5, 5.41) is 7.32. The third kappa shape index (κ3) is 8.11. The molecule has 3 atom stereocenters. The lowest BCUT2D eigenvalue weighted by Gasteiger charge is -2.33. The molecule has 0 spiro atoms. The quantitative estimate of drug-likeness (QED) is 0.442. The first-order chi connectivity index (χ1) is 15.0. The van der Waals surface area contributed by atoms with E-state index in [1.807, 2.05) is 0 Å². The lowest BCUT2D eigenvalue weighted by Crippen LogP contribution is -2.38. The van der Waals surface area contributed by atoms with Crippen molar-refractivity contribution in [2.45, 2.75) is 96.9 Å². The van der Waals surface area contributed by atoms with Gasteiger partial charge < -0.3 is 0 Å². The van der Waals surface area contributed by atoms with E-state index in [0.29, 0.717) is 12.1 Å². The van der Waals surface area contributed by atoms with E-state index in [1.165, 1.54) is 23.6 Å². The van der Waals surface area contributed by atoms with E-state index >= 15 is 0 Å². The topological polar surface area (TPSA) is 27.0 Å². The number of halogens is 1. The number of hydrogen-bond acceptors (Lipinski definition) is 2. The van der Waals surface area contributed by atoms with Gasteiger partial charge >= 0.3 is 0 Å². The summed E-state index contributed by atoms with van der Waals surface area (Å²) < 4.78 is 14.2. The van der Waals surface area contributed by atoms with Gasteiger partial charge in [-0.3, -0.25) is 4.90 Å². The summed E-state index contributed by atoms with van der Waals surface area (Å²) in [5.41, 5.74) is 3.93. The number of benzene rings is 2. The van der Waals surface area contributed by atoms with Gasteiger partial charge in [-0.05, 0) is 63.1 Å². The Kier molecular flexibility index (Phi) is 10.7. The molecule has 3 unspecified atom stereocenters. The zero-order valence-electron chi connectivity index (χ0n) is 19.7. The minimum atomic E-state index is -0.655. The van der Waals surface area contributed by atoms with E-state index in [9.17, 15) is 4.39 Å². The molecule has 0 amide bonds. The zero-order chi connectivity index (χ0) is 22.6. The predicted molar refractivity (Wildman–Crippen MR) is 129 cm³/mol. The fourth-order valence-corrected chi connectivity index (χ4v) is 4.58. The van der Waals surface area contributed by atoms with Crippen LogP contribution in [0.15, 0.2) is 54.6 Å². The second-order valence-electron chi connectivity index (χ2n) is 9.01. The second-order valence-corrected chi connectivity index (χ2v) is 9.01. The maximum atomic E-state index is 14.2. The molecule has 1 aliphatic rings. The van der Waals surface area contributed by atoms with Crippen molar-refractivity contribution >= 4 is 0 Å². The Bertz CT molecular complexity index is 779. The van der Waals surface area contributed by atoms with Gasteiger partial charge in [-0.1, -0.05) is 67.4 Å². The van der Waals surface area contributed by atoms with Crippen molar-refractivity contribution in [1.82, 2.24) is 4.90 Å². The maximum absolute atomic E-state index is 14.2. The molecule has 31 heavy (non-hydrogen) atoms. The third-order valence-electron chi connectivity index (χ3n) is 6.38. The summed E-state index contributed by atoms with van der Waals surface area (Å²) in [5.74, 6) is 0.115. The van der Waals surface area contributed by atoms with Crippen molar-refractivity contribution in [3.63, 3.8) is 0 Å². The molecule has 0 N–H and O–H groups in total. The average Bonchev–Trinajstić information content (AvgIpc) is 2.78. The highest BCUT2D eigenvalue weighted by molar-refractivity contribution is 5.27. The van der Waals surface area contributed by atoms with Gasteiger partial charge in [0.15, 0.2) is 0 Å². The lowest BCUT2D eigenvalue weighted by molar-refractivity contribution is 0.147. The van der Waals surface area contributed by atoms with Gasteiger partial charge in [0.2, 0.25) is 0 Å². The molecule has 168 valence electrons. The second kappa shape index (κ2) is 13.3. The van der Waals surface area contributed by atoms with Crippen LogP contribution in [-0.4, -0.2) is 23.2 Å². The molecular weight excluding hydrogens is 383 g/mol. The fraction of sp³-hybridized carbons (Fsp3) is 0.536. The van der Waals surface area contributed by atoms with Gasteiger partial charge in [0.25, 0.3) is 0 Å². The van der Waals surface area contributed by atoms with E-state index in [1.54, 1.807) is 6.07 Å². The molecular formula is C28H39FN2. The number of nitrogens with zero attached hydrogens (tertiary/aromatic N) is 2. The first-order valence-electron chi connectivity index (χ1n) is 11.8. The Labute approximate surface area is 189 Å². The summed E-state index contributed by atoms with van der Waals surface area (Å²) in [7, 11) is 0. The Morgan fingerprint density at radius 2 is 1.58 bits per heavy atom. The molecule has 2 aromatic carbocycles. The summed E-state index contributed by atoms with van der Waals surface area (Å²) in [4.78, 5) is 2.58. The number of aryl methyl sites for hydroxylation is 1. The van der Waals surface area contributed by atoms with Crippen molar-refractivity contribution < 1.29 is 4.39 Å². The summed E-state index contributed by atoms with van der Waals surface area (Å²) in [6, 6.07) is 22.3. The Morgan fingerprint density at radius 3 is 2.16 bits per heavy atom. The van der Waals surface area contributed by atoms with E-state index in [2.05, 4.69) is 80.3 Å². The van der Waals surface area contributed by atoms with Gasteiger partial charge in [0, 0.05) is 31.5 Å². The third-order valence-corrected chi connectivity index (χ3v) is 6.38. The van der Waals surface area contributed by atoms with Crippen LogP contribution < -0.4 is 0 Å². The van der Waals surface area contributed by atoms with Crippen LogP contribution >= 0.6 is 0 Å². The average molecular weight is 423 g/mol. The highest BCUT2D eigenvalue weighted by Crippen LogP contribution is 2.35. The van der Waals surface area contributed by atoms with Crippen molar-refractivity contribution in [1.29, 1.82) is 5.26 Å². The van der Waals surface area contributed by atoms with E-state index in [0.717, 1.165) is 45.1 Å². The Morgan fingerprint density at radius 1 is 0.968 bits per heavy atom. The first kappa shape index (κ1) is 25.1. The number of alkyl halides is 1. The number of nitriles is 1. The number of rotatable bonds is 8. The fourth-order valence-electron chi connectivity index (χ4n) is 4.58. The Hall–Kier alpha value is -2.18. The lowest BCUT2D eigenvalue weighted by atomic mass is 9.82. The van der Waals surface area contributed by atoms with Crippen LogP contribution in [0, 0.1) is 11.3 Å². The molecule has 2 aromatic rings. The van der Waals surface area contributed by atoms with Gasteiger partial charge in [-0.15, -0.1) is 0 Å². The largest absolute Gasteiger partial charge is 0.294 e. The predicted octanol–water partition coefficient (Wildman–Crippen LogP) is 7.44. The molecule has 1 aliphatic carbocycles. The summed E-state index contributed by atoms with van der Waals surface area (Å²) in [6.45, 7) is 9.34. The molecule has 0 saturated heterocycles. The van der Waals surface area contributed by atoms with E-state index in [-0.39, 0.29) is 5.92 Å². The van der Waals surface area contributed by atoms with Crippen LogP contribution in [-0.2, 0) is 13.0 Å². The molecule has 1 saturated carbocycles. The highest BCUT2D eigenvalue weighted by Gasteiger charge is 2.26. The summed E-state index contributed by atoms with van der Waals surface area (Å²) >= 11 is 0. The minimum absolute atomic E-state index is 0.115. The maximum Gasteiger partial charge on any atom is 0.107 e. The molecule has 1 fully saturated rings. The van der Waals surface area contributed by atoms with Gasteiger partial charge in [0.05, 0.1) is 6.07 Å². The van der Waals surface area contributed by atoms with Crippen molar-refractivity contribution in [3.8, 4) is 6.07 Å². The van der Waals surface area contributed by atoms with Crippen LogP contribution in [0.25, 0.3) is 0 Å². The SMILES string of the molecule is CC#N.CC(C)N(Cc1ccccc1)C(C)CCc1ccc(C2CCCCC2F)cc1. The van der Waals surface area contributed by atoms with Gasteiger partial charge in [-0.2, -0.15) is 5.26 Å². The molecule has 0 aromatic heterocycles. The van der Waals surface area contributed by atoms with Crippen LogP contribution in [0.1, 0.15) is 82.4 Å². The minimum Gasteiger partial charge on any atom is -0.294 e. The molecule has 3 rings (SSSR count). The smallest absolute Gasteiger partial charge is 0.107 e. The van der Waals surface area contributed by atoms with Crippen molar-refractivity contribution in [2.75, 3.05) is 0 Å². The van der Waals surface area contributed by atoms with Gasteiger partial charge in [-0.25, -0.2) is 4.39 Å². The van der Waals surface area contributed by atoms with Crippen molar-refractivity contribution in [3.05, 3.63) is 71.3 Å².